The molecule has 1 aromatic rings. The van der Waals surface area contributed by atoms with E-state index in [1.807, 2.05) is 6.07 Å². The summed E-state index contributed by atoms with van der Waals surface area (Å²) in [6, 6.07) is 5.65. The lowest BCUT2D eigenvalue weighted by Crippen LogP contribution is -2.23. The van der Waals surface area contributed by atoms with Gasteiger partial charge in [0.25, 0.3) is 0 Å². The Hall–Kier alpha value is -1.97. The van der Waals surface area contributed by atoms with Gasteiger partial charge < -0.3 is 14.9 Å². The van der Waals surface area contributed by atoms with Crippen molar-refractivity contribution in [3.8, 4) is 6.07 Å². The van der Waals surface area contributed by atoms with E-state index in [0.29, 0.717) is 0 Å². The zero-order valence-electron chi connectivity index (χ0n) is 11.0. The lowest BCUT2D eigenvalue weighted by molar-refractivity contribution is -0.147. The van der Waals surface area contributed by atoms with Gasteiger partial charge in [-0.05, 0) is 18.6 Å². The lowest BCUT2D eigenvalue weighted by Gasteiger charge is -2.17. The molecule has 0 aliphatic carbocycles. The molecule has 0 aliphatic heterocycles. The van der Waals surface area contributed by atoms with E-state index in [9.17, 15) is 19.4 Å². The number of hydrogen-bond acceptors (Lipinski definition) is 5. The van der Waals surface area contributed by atoms with E-state index in [-0.39, 0.29) is 30.6 Å². The Morgan fingerprint density at radius 2 is 2.20 bits per heavy atom. The van der Waals surface area contributed by atoms with E-state index in [2.05, 4.69) is 4.74 Å². The van der Waals surface area contributed by atoms with Crippen LogP contribution in [0.3, 0.4) is 0 Å². The Bertz CT molecular complexity index is 512. The molecule has 0 saturated heterocycles. The summed E-state index contributed by atoms with van der Waals surface area (Å²) in [5, 5.41) is 28.1. The van der Waals surface area contributed by atoms with Gasteiger partial charge in [0, 0.05) is 5.56 Å². The Morgan fingerprint density at radius 3 is 2.75 bits per heavy atom. The summed E-state index contributed by atoms with van der Waals surface area (Å²) in [4.78, 5) is 11.2. The first-order chi connectivity index (χ1) is 9.49. The molecule has 5 nitrogen and oxygen atoms in total. The van der Waals surface area contributed by atoms with Gasteiger partial charge in [0.2, 0.25) is 0 Å². The number of esters is 1. The van der Waals surface area contributed by atoms with Crippen molar-refractivity contribution < 1.29 is 24.1 Å². The van der Waals surface area contributed by atoms with E-state index in [1.54, 1.807) is 6.92 Å². The molecule has 0 saturated carbocycles. The second-order valence-corrected chi connectivity index (χ2v) is 4.21. The predicted octanol–water partition coefficient (Wildman–Crippen LogP) is 1.24. The molecule has 20 heavy (non-hydrogen) atoms. The van der Waals surface area contributed by atoms with E-state index in [1.165, 1.54) is 12.1 Å². The molecule has 0 heterocycles. The fourth-order valence-corrected chi connectivity index (χ4v) is 1.70. The maximum atomic E-state index is 13.6. The predicted molar refractivity (Wildman–Crippen MR) is 67.9 cm³/mol. The molecule has 6 heteroatoms. The van der Waals surface area contributed by atoms with Crippen molar-refractivity contribution in [2.45, 2.75) is 32.0 Å². The average Bonchev–Trinajstić information content (AvgIpc) is 2.40. The van der Waals surface area contributed by atoms with Crippen LogP contribution in [0.15, 0.2) is 18.2 Å². The first-order valence-corrected chi connectivity index (χ1v) is 6.16. The van der Waals surface area contributed by atoms with Crippen LogP contribution in [-0.4, -0.2) is 28.9 Å². The molecule has 1 aromatic carbocycles. The first-order valence-electron chi connectivity index (χ1n) is 6.16. The van der Waals surface area contributed by atoms with Gasteiger partial charge in [0.05, 0.1) is 31.6 Å². The number of carbonyl (C=O) groups excluding carboxylic acids is 1. The molecule has 1 rings (SSSR count). The van der Waals surface area contributed by atoms with Gasteiger partial charge in [-0.2, -0.15) is 5.26 Å². The third-order valence-electron chi connectivity index (χ3n) is 2.73. The standard InChI is InChI=1S/C14H16FNO4/c1-2-20-13(18)8-12(17)14(19)10-4-3-9(5-6-16)11(15)7-10/h3-4,7,12,14,17,19H,2,5,8H2,1H3. The number of carbonyl (C=O) groups is 1. The van der Waals surface area contributed by atoms with E-state index in [0.717, 1.165) is 6.07 Å². The Labute approximate surface area is 116 Å². The molecule has 0 aliphatic rings. The van der Waals surface area contributed by atoms with Gasteiger partial charge in [-0.3, -0.25) is 4.79 Å². The van der Waals surface area contributed by atoms with Crippen molar-refractivity contribution in [3.05, 3.63) is 35.1 Å². The molecule has 0 aromatic heterocycles. The molecular weight excluding hydrogens is 265 g/mol. The van der Waals surface area contributed by atoms with Gasteiger partial charge in [0.1, 0.15) is 11.9 Å². The lowest BCUT2D eigenvalue weighted by atomic mass is 10.00. The highest BCUT2D eigenvalue weighted by atomic mass is 19.1. The minimum absolute atomic E-state index is 0.0758. The first kappa shape index (κ1) is 16.1. The number of halogens is 1. The Morgan fingerprint density at radius 1 is 1.50 bits per heavy atom. The zero-order valence-corrected chi connectivity index (χ0v) is 11.0. The van der Waals surface area contributed by atoms with Crippen LogP contribution < -0.4 is 0 Å². The Kier molecular flexibility index (Phi) is 6.10. The van der Waals surface area contributed by atoms with Crippen molar-refractivity contribution in [1.82, 2.24) is 0 Å². The SMILES string of the molecule is CCOC(=O)CC(O)C(O)c1ccc(CC#N)c(F)c1. The number of aliphatic hydroxyl groups excluding tert-OH is 2. The number of nitriles is 1. The third-order valence-corrected chi connectivity index (χ3v) is 2.73. The highest BCUT2D eigenvalue weighted by molar-refractivity contribution is 5.70. The van der Waals surface area contributed by atoms with Crippen LogP contribution in [0.2, 0.25) is 0 Å². The summed E-state index contributed by atoms with van der Waals surface area (Å²) in [5.41, 5.74) is 0.351. The van der Waals surface area contributed by atoms with Crippen molar-refractivity contribution >= 4 is 5.97 Å². The number of hydrogen-bond donors (Lipinski definition) is 2. The minimum atomic E-state index is -1.40. The van der Waals surface area contributed by atoms with Crippen molar-refractivity contribution in [2.75, 3.05) is 6.61 Å². The summed E-state index contributed by atoms with van der Waals surface area (Å²) in [6.45, 7) is 1.81. The fraction of sp³-hybridized carbons (Fsp3) is 0.429. The molecule has 0 spiro atoms. The van der Waals surface area contributed by atoms with E-state index >= 15 is 0 Å². The molecule has 2 atom stereocenters. The van der Waals surface area contributed by atoms with Crippen LogP contribution in [0.1, 0.15) is 30.6 Å². The van der Waals surface area contributed by atoms with Crippen molar-refractivity contribution in [3.63, 3.8) is 0 Å². The summed E-state index contributed by atoms with van der Waals surface area (Å²) in [7, 11) is 0. The maximum Gasteiger partial charge on any atom is 0.308 e. The highest BCUT2D eigenvalue weighted by Crippen LogP contribution is 2.22. The summed E-state index contributed by atoms with van der Waals surface area (Å²) < 4.78 is 18.3. The Balaban J connectivity index is 2.76. The van der Waals surface area contributed by atoms with Crippen molar-refractivity contribution in [1.29, 1.82) is 5.26 Å². The topological polar surface area (TPSA) is 90.6 Å². The number of aliphatic hydroxyl groups is 2. The largest absolute Gasteiger partial charge is 0.466 e. The number of benzene rings is 1. The molecule has 2 N–H and O–H groups in total. The quantitative estimate of drug-likeness (QED) is 0.766. The van der Waals surface area contributed by atoms with E-state index in [4.69, 9.17) is 5.26 Å². The van der Waals surface area contributed by atoms with Crippen LogP contribution >= 0.6 is 0 Å². The van der Waals surface area contributed by atoms with Gasteiger partial charge >= 0.3 is 5.97 Å². The fourth-order valence-electron chi connectivity index (χ4n) is 1.70. The molecule has 0 amide bonds. The van der Waals surface area contributed by atoms with E-state index < -0.39 is 24.0 Å². The summed E-state index contributed by atoms with van der Waals surface area (Å²) in [6.07, 6.45) is -3.23. The second-order valence-electron chi connectivity index (χ2n) is 4.21. The smallest absolute Gasteiger partial charge is 0.308 e. The second kappa shape index (κ2) is 7.58. The molecule has 0 bridgehead atoms. The number of nitrogens with zero attached hydrogens (tertiary/aromatic N) is 1. The van der Waals surface area contributed by atoms with Gasteiger partial charge in [-0.25, -0.2) is 4.39 Å². The normalized spacial score (nSPS) is 13.3. The minimum Gasteiger partial charge on any atom is -0.466 e. The maximum absolute atomic E-state index is 13.6. The van der Waals surface area contributed by atoms with Gasteiger partial charge in [0.15, 0.2) is 0 Å². The van der Waals surface area contributed by atoms with Gasteiger partial charge in [-0.1, -0.05) is 12.1 Å². The molecular formula is C14H16FNO4. The van der Waals surface area contributed by atoms with Crippen LogP contribution in [0.25, 0.3) is 0 Å². The molecule has 0 fully saturated rings. The third kappa shape index (κ3) is 4.30. The number of ether oxygens (including phenoxy) is 1. The molecule has 108 valence electrons. The summed E-state index contributed by atoms with van der Waals surface area (Å²) >= 11 is 0. The average molecular weight is 281 g/mol. The van der Waals surface area contributed by atoms with Crippen LogP contribution in [0.4, 0.5) is 4.39 Å². The molecule has 0 radical (unpaired) electrons. The van der Waals surface area contributed by atoms with Crippen LogP contribution in [-0.2, 0) is 16.0 Å². The number of rotatable bonds is 6. The zero-order chi connectivity index (χ0) is 15.1. The summed E-state index contributed by atoms with van der Waals surface area (Å²) in [5.74, 6) is -1.27. The molecule has 2 unspecified atom stereocenters. The van der Waals surface area contributed by atoms with Crippen LogP contribution in [0.5, 0.6) is 0 Å². The van der Waals surface area contributed by atoms with Gasteiger partial charge in [-0.15, -0.1) is 0 Å². The van der Waals surface area contributed by atoms with Crippen LogP contribution in [0, 0.1) is 17.1 Å². The monoisotopic (exact) mass is 281 g/mol. The highest BCUT2D eigenvalue weighted by Gasteiger charge is 2.22. The van der Waals surface area contributed by atoms with Crippen molar-refractivity contribution in [2.24, 2.45) is 0 Å².